The zero-order valence-corrected chi connectivity index (χ0v) is 11.0. The van der Waals surface area contributed by atoms with Crippen molar-refractivity contribution in [3.05, 3.63) is 23.8 Å². The summed E-state index contributed by atoms with van der Waals surface area (Å²) < 4.78 is 10.7. The summed E-state index contributed by atoms with van der Waals surface area (Å²) in [6.07, 6.45) is 1.29. The van der Waals surface area contributed by atoms with Gasteiger partial charge in [0.2, 0.25) is 0 Å². The number of rotatable bonds is 5. The summed E-state index contributed by atoms with van der Waals surface area (Å²) in [7, 11) is 5.40. The van der Waals surface area contributed by atoms with E-state index >= 15 is 0 Å². The number of ether oxygens (including phenoxy) is 2. The van der Waals surface area contributed by atoms with Gasteiger partial charge >= 0.3 is 0 Å². The molecule has 1 saturated carbocycles. The summed E-state index contributed by atoms with van der Waals surface area (Å²) in [5, 5.41) is 3.40. The van der Waals surface area contributed by atoms with Gasteiger partial charge in [0.25, 0.3) is 0 Å². The van der Waals surface area contributed by atoms with E-state index in [2.05, 4.69) is 18.3 Å². The molecular formula is C14H21NO2. The second-order valence-electron chi connectivity index (χ2n) is 4.75. The van der Waals surface area contributed by atoms with E-state index in [1.54, 1.807) is 14.2 Å². The van der Waals surface area contributed by atoms with Crippen molar-refractivity contribution in [1.29, 1.82) is 0 Å². The molecule has 94 valence electrons. The smallest absolute Gasteiger partial charge is 0.127 e. The van der Waals surface area contributed by atoms with Crippen molar-refractivity contribution in [2.24, 2.45) is 11.8 Å². The fourth-order valence-electron chi connectivity index (χ4n) is 2.49. The predicted molar refractivity (Wildman–Crippen MR) is 68.6 cm³/mol. The van der Waals surface area contributed by atoms with Gasteiger partial charge in [0, 0.05) is 17.7 Å². The Morgan fingerprint density at radius 2 is 2.00 bits per heavy atom. The van der Waals surface area contributed by atoms with Crippen molar-refractivity contribution in [2.45, 2.75) is 19.4 Å². The fraction of sp³-hybridized carbons (Fsp3) is 0.571. The monoisotopic (exact) mass is 235 g/mol. The molecule has 3 nitrogen and oxygen atoms in total. The molecule has 0 aliphatic heterocycles. The van der Waals surface area contributed by atoms with Crippen LogP contribution in [0, 0.1) is 11.8 Å². The molecule has 0 spiro atoms. The normalized spacial score (nSPS) is 24.2. The maximum atomic E-state index is 5.46. The van der Waals surface area contributed by atoms with E-state index in [9.17, 15) is 0 Å². The average Bonchev–Trinajstić information content (AvgIpc) is 3.07. The van der Waals surface area contributed by atoms with E-state index in [-0.39, 0.29) is 0 Å². The van der Waals surface area contributed by atoms with E-state index in [1.807, 2.05) is 19.2 Å². The van der Waals surface area contributed by atoms with Gasteiger partial charge in [-0.2, -0.15) is 0 Å². The van der Waals surface area contributed by atoms with Gasteiger partial charge in [-0.05, 0) is 31.4 Å². The lowest BCUT2D eigenvalue weighted by Gasteiger charge is -2.20. The Bertz CT molecular complexity index is 392. The lowest BCUT2D eigenvalue weighted by molar-refractivity contribution is 0.380. The molecule has 2 rings (SSSR count). The Morgan fingerprint density at radius 1 is 1.29 bits per heavy atom. The van der Waals surface area contributed by atoms with Gasteiger partial charge in [0.15, 0.2) is 0 Å². The summed E-state index contributed by atoms with van der Waals surface area (Å²) >= 11 is 0. The minimum absolute atomic E-state index is 0.380. The Morgan fingerprint density at radius 3 is 2.47 bits per heavy atom. The van der Waals surface area contributed by atoms with Crippen molar-refractivity contribution >= 4 is 0 Å². The number of methoxy groups -OCH3 is 2. The van der Waals surface area contributed by atoms with Gasteiger partial charge in [-0.3, -0.25) is 0 Å². The number of hydrogen-bond donors (Lipinski definition) is 1. The van der Waals surface area contributed by atoms with Gasteiger partial charge in [0.1, 0.15) is 11.5 Å². The molecule has 0 amide bonds. The first-order valence-corrected chi connectivity index (χ1v) is 6.10. The first kappa shape index (κ1) is 12.2. The van der Waals surface area contributed by atoms with E-state index in [4.69, 9.17) is 9.47 Å². The van der Waals surface area contributed by atoms with Crippen LogP contribution in [0.15, 0.2) is 18.2 Å². The Kier molecular flexibility index (Phi) is 3.57. The summed E-state index contributed by atoms with van der Waals surface area (Å²) in [5.41, 5.74) is 1.23. The zero-order chi connectivity index (χ0) is 12.4. The first-order valence-electron chi connectivity index (χ1n) is 6.10. The lowest BCUT2D eigenvalue weighted by Crippen LogP contribution is -2.19. The molecule has 1 aromatic carbocycles. The molecule has 1 aliphatic carbocycles. The van der Waals surface area contributed by atoms with Crippen molar-refractivity contribution < 1.29 is 9.47 Å². The lowest BCUT2D eigenvalue weighted by atomic mass is 10.00. The van der Waals surface area contributed by atoms with E-state index in [0.717, 1.165) is 23.3 Å². The molecule has 0 saturated heterocycles. The Labute approximate surface area is 103 Å². The molecule has 1 fully saturated rings. The van der Waals surface area contributed by atoms with Crippen LogP contribution in [-0.4, -0.2) is 21.3 Å². The van der Waals surface area contributed by atoms with Crippen LogP contribution < -0.4 is 14.8 Å². The Balaban J connectivity index is 2.29. The topological polar surface area (TPSA) is 30.5 Å². The van der Waals surface area contributed by atoms with Crippen LogP contribution in [-0.2, 0) is 0 Å². The third-order valence-electron chi connectivity index (χ3n) is 3.69. The standard InChI is InChI=1S/C14H21NO2/c1-9-7-12(9)14(15-2)11-6-5-10(16-3)8-13(11)17-4/h5-6,8-9,12,14-15H,7H2,1-4H3. The van der Waals surface area contributed by atoms with Crippen LogP contribution in [0.25, 0.3) is 0 Å². The quantitative estimate of drug-likeness (QED) is 0.851. The van der Waals surface area contributed by atoms with Crippen LogP contribution in [0.3, 0.4) is 0 Å². The molecule has 1 N–H and O–H groups in total. The Hall–Kier alpha value is -1.22. The molecule has 3 heteroatoms. The molecule has 0 heterocycles. The predicted octanol–water partition coefficient (Wildman–Crippen LogP) is 2.62. The summed E-state index contributed by atoms with van der Waals surface area (Å²) in [4.78, 5) is 0. The van der Waals surface area contributed by atoms with Crippen molar-refractivity contribution in [2.75, 3.05) is 21.3 Å². The highest BCUT2D eigenvalue weighted by atomic mass is 16.5. The molecule has 1 aliphatic rings. The minimum atomic E-state index is 0.380. The van der Waals surface area contributed by atoms with Crippen LogP contribution >= 0.6 is 0 Å². The number of benzene rings is 1. The summed E-state index contributed by atoms with van der Waals surface area (Å²) in [6.45, 7) is 2.30. The fourth-order valence-corrected chi connectivity index (χ4v) is 2.49. The van der Waals surface area contributed by atoms with Gasteiger partial charge in [-0.1, -0.05) is 13.0 Å². The van der Waals surface area contributed by atoms with Gasteiger partial charge in [-0.15, -0.1) is 0 Å². The third-order valence-corrected chi connectivity index (χ3v) is 3.69. The first-order chi connectivity index (χ1) is 8.21. The van der Waals surface area contributed by atoms with Gasteiger partial charge in [-0.25, -0.2) is 0 Å². The van der Waals surface area contributed by atoms with Crippen LogP contribution in [0.4, 0.5) is 0 Å². The average molecular weight is 235 g/mol. The molecular weight excluding hydrogens is 214 g/mol. The highest BCUT2D eigenvalue weighted by Crippen LogP contribution is 2.48. The number of nitrogens with one attached hydrogen (secondary N) is 1. The zero-order valence-electron chi connectivity index (χ0n) is 11.0. The maximum Gasteiger partial charge on any atom is 0.127 e. The van der Waals surface area contributed by atoms with Crippen LogP contribution in [0.5, 0.6) is 11.5 Å². The maximum absolute atomic E-state index is 5.46. The van der Waals surface area contributed by atoms with Crippen molar-refractivity contribution in [3.8, 4) is 11.5 Å². The SMILES string of the molecule is CNC(c1ccc(OC)cc1OC)C1CC1C. The highest BCUT2D eigenvalue weighted by Gasteiger charge is 2.40. The van der Waals surface area contributed by atoms with E-state index in [0.29, 0.717) is 6.04 Å². The van der Waals surface area contributed by atoms with E-state index in [1.165, 1.54) is 12.0 Å². The number of hydrogen-bond acceptors (Lipinski definition) is 3. The van der Waals surface area contributed by atoms with Crippen molar-refractivity contribution in [3.63, 3.8) is 0 Å². The molecule has 0 bridgehead atoms. The summed E-state index contributed by atoms with van der Waals surface area (Å²) in [6, 6.07) is 6.43. The third kappa shape index (κ3) is 2.39. The van der Waals surface area contributed by atoms with Crippen molar-refractivity contribution in [1.82, 2.24) is 5.32 Å². The highest BCUT2D eigenvalue weighted by molar-refractivity contribution is 5.43. The molecule has 3 atom stereocenters. The van der Waals surface area contributed by atoms with Crippen LogP contribution in [0.2, 0.25) is 0 Å². The molecule has 0 radical (unpaired) electrons. The van der Waals surface area contributed by atoms with Gasteiger partial charge in [0.05, 0.1) is 14.2 Å². The molecule has 3 unspecified atom stereocenters. The molecule has 17 heavy (non-hydrogen) atoms. The molecule has 1 aromatic rings. The van der Waals surface area contributed by atoms with Gasteiger partial charge < -0.3 is 14.8 Å². The second kappa shape index (κ2) is 4.96. The van der Waals surface area contributed by atoms with E-state index < -0.39 is 0 Å². The summed E-state index contributed by atoms with van der Waals surface area (Å²) in [5.74, 6) is 3.27. The van der Waals surface area contributed by atoms with Crippen LogP contribution in [0.1, 0.15) is 24.9 Å². The molecule has 0 aromatic heterocycles. The second-order valence-corrected chi connectivity index (χ2v) is 4.75. The minimum Gasteiger partial charge on any atom is -0.497 e. The largest absolute Gasteiger partial charge is 0.497 e.